The average molecular weight is 411 g/mol. The fraction of sp³-hybridized carbons (Fsp3) is 0.133. The summed E-state index contributed by atoms with van der Waals surface area (Å²) in [7, 11) is 0. The van der Waals surface area contributed by atoms with Crippen LogP contribution in [0.2, 0.25) is 5.02 Å². The normalized spacial score (nSPS) is 10.2. The van der Waals surface area contributed by atoms with Gasteiger partial charge in [-0.2, -0.15) is 0 Å². The third-order valence-corrected chi connectivity index (χ3v) is 3.58. The van der Waals surface area contributed by atoms with Crippen molar-refractivity contribution < 1.29 is 24.3 Å². The molecule has 28 heavy (non-hydrogen) atoms. The molecule has 0 aliphatic heterocycles. The fourth-order valence-electron chi connectivity index (χ4n) is 2.26. The molecule has 146 valence electrons. The lowest BCUT2D eigenvalue weighted by Crippen LogP contribution is -2.06. The Bertz CT molecular complexity index is 959. The van der Waals surface area contributed by atoms with E-state index in [0.717, 1.165) is 0 Å². The van der Waals surface area contributed by atoms with Crippen molar-refractivity contribution in [3.63, 3.8) is 0 Å². The van der Waals surface area contributed by atoms with Crippen LogP contribution in [0.3, 0.4) is 0 Å². The van der Waals surface area contributed by atoms with Gasteiger partial charge in [0.2, 0.25) is 0 Å². The maximum Gasteiger partial charge on any atom is 0.338 e. The number of esters is 1. The van der Waals surface area contributed by atoms with Crippen LogP contribution >= 0.6 is 11.6 Å². The molecule has 2 aromatic rings. The molecule has 12 nitrogen and oxygen atoms in total. The molecule has 0 saturated heterocycles. The molecule has 0 aromatic heterocycles. The van der Waals surface area contributed by atoms with Gasteiger partial charge in [-0.1, -0.05) is 11.6 Å². The Balaban J connectivity index is 2.62. The minimum atomic E-state index is -1.00. The van der Waals surface area contributed by atoms with Gasteiger partial charge in [-0.05, 0) is 25.1 Å². The van der Waals surface area contributed by atoms with Crippen molar-refractivity contribution in [2.24, 2.45) is 0 Å². The van der Waals surface area contributed by atoms with Crippen molar-refractivity contribution in [2.45, 2.75) is 6.92 Å². The van der Waals surface area contributed by atoms with Crippen LogP contribution in [-0.2, 0) is 4.74 Å². The molecule has 0 saturated carbocycles. The molecule has 0 bridgehead atoms. The van der Waals surface area contributed by atoms with E-state index in [9.17, 15) is 35.1 Å². The predicted octanol–water partition coefficient (Wildman–Crippen LogP) is 3.98. The summed E-state index contributed by atoms with van der Waals surface area (Å²) in [5, 5.41) is 36.0. The van der Waals surface area contributed by atoms with Gasteiger partial charge in [-0.25, -0.2) is 4.79 Å². The molecular weight excluding hydrogens is 400 g/mol. The maximum atomic E-state index is 11.9. The summed E-state index contributed by atoms with van der Waals surface area (Å²) in [5.74, 6) is -0.722. The molecule has 2 aromatic carbocycles. The van der Waals surface area contributed by atoms with Gasteiger partial charge >= 0.3 is 17.3 Å². The van der Waals surface area contributed by atoms with Crippen LogP contribution in [-0.4, -0.2) is 27.3 Å². The first-order valence-corrected chi connectivity index (χ1v) is 7.87. The van der Waals surface area contributed by atoms with Gasteiger partial charge in [0, 0.05) is 10.7 Å². The van der Waals surface area contributed by atoms with E-state index in [1.54, 1.807) is 6.92 Å². The zero-order chi connectivity index (χ0) is 21.0. The summed E-state index contributed by atoms with van der Waals surface area (Å²) < 4.78 is 4.84. The smallest absolute Gasteiger partial charge is 0.338 e. The quantitative estimate of drug-likeness (QED) is 0.403. The number of nitro groups is 3. The topological polar surface area (TPSA) is 168 Å². The Kier molecular flexibility index (Phi) is 6.05. The number of non-ortho nitro benzene ring substituents is 1. The molecule has 0 radical (unpaired) electrons. The highest BCUT2D eigenvalue weighted by Crippen LogP contribution is 2.40. The highest BCUT2D eigenvalue weighted by molar-refractivity contribution is 6.31. The van der Waals surface area contributed by atoms with Crippen LogP contribution in [0.5, 0.6) is 0 Å². The molecule has 0 heterocycles. The Labute approximate surface area is 161 Å². The van der Waals surface area contributed by atoms with Crippen molar-refractivity contribution in [2.75, 3.05) is 11.9 Å². The monoisotopic (exact) mass is 410 g/mol. The van der Waals surface area contributed by atoms with E-state index >= 15 is 0 Å². The highest BCUT2D eigenvalue weighted by atomic mass is 35.5. The molecular formula is C15H11ClN4O8. The van der Waals surface area contributed by atoms with Crippen molar-refractivity contribution in [1.29, 1.82) is 0 Å². The van der Waals surface area contributed by atoms with Crippen LogP contribution in [0.1, 0.15) is 17.3 Å². The summed E-state index contributed by atoms with van der Waals surface area (Å²) in [6.45, 7) is 1.68. The number of nitro benzene ring substituents is 3. The number of halogens is 1. The lowest BCUT2D eigenvalue weighted by atomic mass is 10.1. The molecule has 0 aliphatic carbocycles. The van der Waals surface area contributed by atoms with E-state index in [1.165, 1.54) is 18.2 Å². The third-order valence-electron chi connectivity index (χ3n) is 3.36. The number of rotatable bonds is 7. The summed E-state index contributed by atoms with van der Waals surface area (Å²) >= 11 is 5.93. The predicted molar refractivity (Wildman–Crippen MR) is 97.1 cm³/mol. The van der Waals surface area contributed by atoms with Gasteiger partial charge in [0.25, 0.3) is 5.69 Å². The molecule has 1 N–H and O–H groups in total. The second-order valence-corrected chi connectivity index (χ2v) is 5.64. The maximum absolute atomic E-state index is 11.9. The number of ether oxygens (including phenoxy) is 1. The third kappa shape index (κ3) is 4.48. The lowest BCUT2D eigenvalue weighted by Gasteiger charge is -2.10. The van der Waals surface area contributed by atoms with Crippen molar-refractivity contribution >= 4 is 46.0 Å². The molecule has 0 spiro atoms. The number of nitrogens with zero attached hydrogens (tertiary/aromatic N) is 3. The van der Waals surface area contributed by atoms with Crippen LogP contribution in [0, 0.1) is 30.3 Å². The molecule has 13 heteroatoms. The SMILES string of the molecule is CCOC(=O)c1cc(Cl)cc(Nc2c([N+](=O)[O-])cc([N+](=O)[O-])cc2[N+](=O)[O-])c1. The molecule has 0 fully saturated rings. The first-order chi connectivity index (χ1) is 13.1. The largest absolute Gasteiger partial charge is 0.462 e. The molecule has 0 amide bonds. The van der Waals surface area contributed by atoms with Crippen LogP contribution < -0.4 is 5.32 Å². The van der Waals surface area contributed by atoms with E-state index in [-0.39, 0.29) is 22.9 Å². The van der Waals surface area contributed by atoms with Gasteiger partial charge in [0.1, 0.15) is 0 Å². The van der Waals surface area contributed by atoms with Gasteiger partial charge in [0.15, 0.2) is 5.69 Å². The summed E-state index contributed by atoms with van der Waals surface area (Å²) in [4.78, 5) is 42.4. The number of hydrogen-bond donors (Lipinski definition) is 1. The molecule has 0 aliphatic rings. The van der Waals surface area contributed by atoms with E-state index < -0.39 is 43.5 Å². The van der Waals surface area contributed by atoms with E-state index in [2.05, 4.69) is 5.32 Å². The van der Waals surface area contributed by atoms with Gasteiger partial charge in [-0.15, -0.1) is 0 Å². The number of hydrogen-bond acceptors (Lipinski definition) is 9. The van der Waals surface area contributed by atoms with Crippen molar-refractivity contribution in [1.82, 2.24) is 0 Å². The van der Waals surface area contributed by atoms with Gasteiger partial charge in [0.05, 0.1) is 39.1 Å². The first-order valence-electron chi connectivity index (χ1n) is 7.50. The Morgan fingerprint density at radius 3 is 2.04 bits per heavy atom. The van der Waals surface area contributed by atoms with E-state index in [4.69, 9.17) is 16.3 Å². The second-order valence-electron chi connectivity index (χ2n) is 5.20. The van der Waals surface area contributed by atoms with E-state index in [1.807, 2.05) is 0 Å². The standard InChI is InChI=1S/C15H11ClN4O8/c1-2-28-15(21)8-3-9(16)5-10(4-8)17-14-12(19(24)25)6-11(18(22)23)7-13(14)20(26)27/h3-7,17H,2H2,1H3. The second kappa shape index (κ2) is 8.26. The lowest BCUT2D eigenvalue weighted by molar-refractivity contribution is -0.401. The highest BCUT2D eigenvalue weighted by Gasteiger charge is 2.31. The molecule has 2 rings (SSSR count). The van der Waals surface area contributed by atoms with Crippen LogP contribution in [0.25, 0.3) is 0 Å². The minimum Gasteiger partial charge on any atom is -0.462 e. The van der Waals surface area contributed by atoms with Gasteiger partial charge < -0.3 is 10.1 Å². The number of benzene rings is 2. The Hall–Kier alpha value is -3.80. The van der Waals surface area contributed by atoms with Crippen LogP contribution in [0.4, 0.5) is 28.4 Å². The fourth-order valence-corrected chi connectivity index (χ4v) is 2.49. The van der Waals surface area contributed by atoms with Crippen molar-refractivity contribution in [3.8, 4) is 0 Å². The van der Waals surface area contributed by atoms with E-state index in [0.29, 0.717) is 12.1 Å². The summed E-state index contributed by atoms with van der Waals surface area (Å²) in [6, 6.07) is 4.94. The zero-order valence-corrected chi connectivity index (χ0v) is 14.8. The zero-order valence-electron chi connectivity index (χ0n) is 14.1. The number of anilines is 2. The Morgan fingerprint density at radius 1 is 1.00 bits per heavy atom. The average Bonchev–Trinajstić information content (AvgIpc) is 2.60. The Morgan fingerprint density at radius 2 is 1.57 bits per heavy atom. The summed E-state index contributed by atoms with van der Waals surface area (Å²) in [5.41, 5.74) is -3.18. The molecule has 0 unspecified atom stereocenters. The number of carbonyl (C=O) groups is 1. The van der Waals surface area contributed by atoms with Gasteiger partial charge in [-0.3, -0.25) is 30.3 Å². The number of nitrogens with one attached hydrogen (secondary N) is 1. The molecule has 0 atom stereocenters. The minimum absolute atomic E-state index is 0.00377. The van der Waals surface area contributed by atoms with Crippen molar-refractivity contribution in [3.05, 3.63) is 71.3 Å². The number of carbonyl (C=O) groups excluding carboxylic acids is 1. The summed E-state index contributed by atoms with van der Waals surface area (Å²) in [6.07, 6.45) is 0. The first kappa shape index (κ1) is 20.5. The van der Waals surface area contributed by atoms with Crippen LogP contribution in [0.15, 0.2) is 30.3 Å².